The molecule has 0 aliphatic carbocycles. The molecule has 24 heavy (non-hydrogen) atoms. The van der Waals surface area contributed by atoms with Gasteiger partial charge < -0.3 is 10.6 Å². The maximum absolute atomic E-state index is 12.3. The monoisotopic (exact) mass is 364 g/mol. The number of benzene rings is 1. The normalized spacial score (nSPS) is 13.3. The van der Waals surface area contributed by atoms with Crippen molar-refractivity contribution in [1.82, 2.24) is 15.5 Å². The van der Waals surface area contributed by atoms with E-state index in [2.05, 4.69) is 39.9 Å². The number of nitrogens with one attached hydrogen (secondary N) is 2. The van der Waals surface area contributed by atoms with Crippen LogP contribution in [0.2, 0.25) is 0 Å². The number of anilines is 1. The van der Waals surface area contributed by atoms with Crippen LogP contribution in [0.3, 0.4) is 0 Å². The van der Waals surface area contributed by atoms with Crippen LogP contribution in [0.1, 0.15) is 38.7 Å². The molecule has 1 amide bonds. The first-order chi connectivity index (χ1) is 11.6. The van der Waals surface area contributed by atoms with Gasteiger partial charge in [0.15, 0.2) is 4.34 Å². The van der Waals surface area contributed by atoms with Crippen LogP contribution >= 0.6 is 23.1 Å². The summed E-state index contributed by atoms with van der Waals surface area (Å²) in [6.07, 6.45) is 0.994. The summed E-state index contributed by atoms with van der Waals surface area (Å²) in [6, 6.07) is 10.3. The maximum atomic E-state index is 12.3. The van der Waals surface area contributed by atoms with E-state index in [1.165, 1.54) is 28.7 Å². The Morgan fingerprint density at radius 1 is 1.25 bits per heavy atom. The van der Waals surface area contributed by atoms with Gasteiger partial charge in [-0.1, -0.05) is 60.4 Å². The second-order valence-corrected chi connectivity index (χ2v) is 7.99. The maximum Gasteiger partial charge on any atom is 0.233 e. The lowest BCUT2D eigenvalue weighted by Gasteiger charge is -2.17. The Kier molecular flexibility index (Phi) is 7.52. The molecule has 7 heteroatoms. The summed E-state index contributed by atoms with van der Waals surface area (Å²) in [7, 11) is 0. The molecule has 0 unspecified atom stereocenters. The highest BCUT2D eigenvalue weighted by atomic mass is 32.2. The van der Waals surface area contributed by atoms with E-state index in [0.29, 0.717) is 12.5 Å². The van der Waals surface area contributed by atoms with E-state index < -0.39 is 0 Å². The van der Waals surface area contributed by atoms with Crippen LogP contribution < -0.4 is 10.6 Å². The average molecular weight is 365 g/mol. The molecule has 2 aromatic rings. The fourth-order valence-electron chi connectivity index (χ4n) is 2.28. The fraction of sp³-hybridized carbons (Fsp3) is 0.471. The first kappa shape index (κ1) is 18.7. The van der Waals surface area contributed by atoms with Gasteiger partial charge in [0.25, 0.3) is 0 Å². The minimum atomic E-state index is -0.194. The van der Waals surface area contributed by atoms with Gasteiger partial charge in [-0.3, -0.25) is 4.79 Å². The van der Waals surface area contributed by atoms with E-state index in [1.807, 2.05) is 32.0 Å². The predicted molar refractivity (Wildman–Crippen MR) is 102 cm³/mol. The quantitative estimate of drug-likeness (QED) is 0.663. The molecule has 0 saturated heterocycles. The molecule has 0 radical (unpaired) electrons. The van der Waals surface area contributed by atoms with Crippen molar-refractivity contribution in [2.45, 2.75) is 42.7 Å². The van der Waals surface area contributed by atoms with Gasteiger partial charge in [0.2, 0.25) is 11.0 Å². The number of nitrogens with zero attached hydrogens (tertiary/aromatic N) is 2. The van der Waals surface area contributed by atoms with Crippen LogP contribution in [0.15, 0.2) is 34.7 Å². The zero-order valence-corrected chi connectivity index (χ0v) is 15.9. The van der Waals surface area contributed by atoms with Gasteiger partial charge >= 0.3 is 0 Å². The van der Waals surface area contributed by atoms with Gasteiger partial charge in [-0.05, 0) is 25.8 Å². The van der Waals surface area contributed by atoms with Crippen LogP contribution in [0, 0.1) is 0 Å². The number of rotatable bonds is 9. The molecule has 2 rings (SSSR count). The van der Waals surface area contributed by atoms with E-state index in [0.717, 1.165) is 22.4 Å². The molecule has 0 aliphatic heterocycles. The molecule has 1 aromatic carbocycles. The second-order valence-electron chi connectivity index (χ2n) is 5.42. The summed E-state index contributed by atoms with van der Waals surface area (Å²) >= 11 is 2.92. The Labute approximate surface area is 151 Å². The molecule has 0 aliphatic rings. The number of thioether (sulfide) groups is 1. The number of carbonyl (C=O) groups excluding carboxylic acids is 1. The largest absolute Gasteiger partial charge is 0.360 e. The van der Waals surface area contributed by atoms with Crippen molar-refractivity contribution in [1.29, 1.82) is 0 Å². The summed E-state index contributed by atoms with van der Waals surface area (Å²) < 4.78 is 0.809. The van der Waals surface area contributed by atoms with Gasteiger partial charge in [-0.15, -0.1) is 10.2 Å². The summed E-state index contributed by atoms with van der Waals surface area (Å²) in [5.74, 6) is 0.379. The Hall–Kier alpha value is -1.60. The Morgan fingerprint density at radius 2 is 2.00 bits per heavy atom. The molecule has 0 saturated carbocycles. The minimum Gasteiger partial charge on any atom is -0.360 e. The highest BCUT2D eigenvalue weighted by molar-refractivity contribution is 8.02. The van der Waals surface area contributed by atoms with Crippen LogP contribution in [0.5, 0.6) is 0 Å². The standard InChI is InChI=1S/C17H24N4OS2/c1-4-13(14-9-7-6-8-10-14)11-19-15(22)12(3)23-17-21-20-16(24-17)18-5-2/h6-10,12-13H,4-5,11H2,1-3H3,(H,18,20)(H,19,22)/t12-,13+/m1/s1. The van der Waals surface area contributed by atoms with Crippen molar-refractivity contribution in [3.63, 3.8) is 0 Å². The predicted octanol–water partition coefficient (Wildman–Crippen LogP) is 3.76. The Morgan fingerprint density at radius 3 is 2.67 bits per heavy atom. The number of aromatic nitrogens is 2. The fourth-order valence-corrected chi connectivity index (χ4v) is 4.26. The molecule has 5 nitrogen and oxygen atoms in total. The smallest absolute Gasteiger partial charge is 0.233 e. The van der Waals surface area contributed by atoms with Crippen molar-refractivity contribution in [3.8, 4) is 0 Å². The van der Waals surface area contributed by atoms with Crippen molar-refractivity contribution in [3.05, 3.63) is 35.9 Å². The number of amides is 1. The first-order valence-corrected chi connectivity index (χ1v) is 9.90. The lowest BCUT2D eigenvalue weighted by atomic mass is 9.96. The third kappa shape index (κ3) is 5.49. The van der Waals surface area contributed by atoms with Crippen molar-refractivity contribution >= 4 is 34.1 Å². The Balaban J connectivity index is 1.84. The molecule has 1 aromatic heterocycles. The molecule has 2 atom stereocenters. The Bertz CT molecular complexity index is 633. The molecule has 1 heterocycles. The van der Waals surface area contributed by atoms with Crippen molar-refractivity contribution in [2.24, 2.45) is 0 Å². The van der Waals surface area contributed by atoms with Crippen LogP contribution in [-0.2, 0) is 4.79 Å². The number of hydrogen-bond donors (Lipinski definition) is 2. The topological polar surface area (TPSA) is 66.9 Å². The highest BCUT2D eigenvalue weighted by Crippen LogP contribution is 2.29. The van der Waals surface area contributed by atoms with Crippen LogP contribution in [0.25, 0.3) is 0 Å². The summed E-state index contributed by atoms with van der Waals surface area (Å²) in [6.45, 7) is 7.53. The van der Waals surface area contributed by atoms with Crippen molar-refractivity contribution in [2.75, 3.05) is 18.4 Å². The van der Waals surface area contributed by atoms with Crippen LogP contribution in [0.4, 0.5) is 5.13 Å². The minimum absolute atomic E-state index is 0.0366. The van der Waals surface area contributed by atoms with E-state index >= 15 is 0 Å². The summed E-state index contributed by atoms with van der Waals surface area (Å²) in [5.41, 5.74) is 1.26. The average Bonchev–Trinajstić information content (AvgIpc) is 3.03. The van der Waals surface area contributed by atoms with Gasteiger partial charge in [-0.2, -0.15) is 0 Å². The lowest BCUT2D eigenvalue weighted by Crippen LogP contribution is -2.34. The molecule has 0 spiro atoms. The highest BCUT2D eigenvalue weighted by Gasteiger charge is 2.18. The number of hydrogen-bond acceptors (Lipinski definition) is 6. The van der Waals surface area contributed by atoms with Crippen LogP contribution in [-0.4, -0.2) is 34.4 Å². The SMILES string of the molecule is CCNc1nnc(S[C@H](C)C(=O)NC[C@H](CC)c2ccccc2)s1. The zero-order valence-electron chi connectivity index (χ0n) is 14.3. The summed E-state index contributed by atoms with van der Waals surface area (Å²) in [5, 5.41) is 14.9. The van der Waals surface area contributed by atoms with E-state index in [4.69, 9.17) is 0 Å². The molecule has 2 N–H and O–H groups in total. The summed E-state index contributed by atoms with van der Waals surface area (Å²) in [4.78, 5) is 12.3. The zero-order chi connectivity index (χ0) is 17.4. The molecule has 0 bridgehead atoms. The third-order valence-corrected chi connectivity index (χ3v) is 5.73. The second kappa shape index (κ2) is 9.64. The number of carbonyl (C=O) groups is 1. The molecule has 130 valence electrons. The van der Waals surface area contributed by atoms with Gasteiger partial charge in [-0.25, -0.2) is 0 Å². The molecular formula is C17H24N4OS2. The lowest BCUT2D eigenvalue weighted by molar-refractivity contribution is -0.120. The molecule has 0 fully saturated rings. The molecular weight excluding hydrogens is 340 g/mol. The third-order valence-electron chi connectivity index (χ3n) is 3.67. The van der Waals surface area contributed by atoms with E-state index in [9.17, 15) is 4.79 Å². The van der Waals surface area contributed by atoms with Gasteiger partial charge in [0.05, 0.1) is 5.25 Å². The van der Waals surface area contributed by atoms with E-state index in [-0.39, 0.29) is 11.2 Å². The van der Waals surface area contributed by atoms with Crippen molar-refractivity contribution < 1.29 is 4.79 Å². The first-order valence-electron chi connectivity index (χ1n) is 8.20. The van der Waals surface area contributed by atoms with E-state index in [1.54, 1.807) is 0 Å². The van der Waals surface area contributed by atoms with Gasteiger partial charge in [0, 0.05) is 19.0 Å². The van der Waals surface area contributed by atoms with Gasteiger partial charge in [0.1, 0.15) is 0 Å².